The van der Waals surface area contributed by atoms with Gasteiger partial charge in [-0.1, -0.05) is 6.07 Å². The number of nitrogens with one attached hydrogen (secondary N) is 2. The normalized spacial score (nSPS) is 10.8. The molecule has 3 heterocycles. The Balaban J connectivity index is 1.80. The molecule has 128 valence electrons. The highest BCUT2D eigenvalue weighted by Crippen LogP contribution is 2.07. The van der Waals surface area contributed by atoms with Gasteiger partial charge in [-0.15, -0.1) is 0 Å². The Morgan fingerprint density at radius 3 is 2.84 bits per heavy atom. The van der Waals surface area contributed by atoms with Crippen LogP contribution in [-0.2, 0) is 13.0 Å². The van der Waals surface area contributed by atoms with E-state index in [9.17, 15) is 14.4 Å². The fourth-order valence-electron chi connectivity index (χ4n) is 2.54. The minimum Gasteiger partial charge on any atom is -0.352 e. The zero-order valence-electron chi connectivity index (χ0n) is 13.7. The Labute approximate surface area is 142 Å². The number of carbonyl (C=O) groups excluding carboxylic acids is 1. The minimum absolute atomic E-state index is 0.207. The summed E-state index contributed by atoms with van der Waals surface area (Å²) in [4.78, 5) is 46.6. The van der Waals surface area contributed by atoms with Gasteiger partial charge in [-0.05, 0) is 25.1 Å². The maximum atomic E-state index is 12.3. The number of amides is 1. The fraction of sp³-hybridized carbons (Fsp3) is 0.235. The second kappa shape index (κ2) is 7.08. The predicted molar refractivity (Wildman–Crippen MR) is 92.6 cm³/mol. The van der Waals surface area contributed by atoms with Gasteiger partial charge in [-0.25, -0.2) is 9.78 Å². The first-order valence-corrected chi connectivity index (χ1v) is 7.91. The Hall–Kier alpha value is -3.29. The van der Waals surface area contributed by atoms with Crippen LogP contribution in [0.15, 0.2) is 46.2 Å². The van der Waals surface area contributed by atoms with Crippen molar-refractivity contribution in [3.63, 3.8) is 0 Å². The maximum Gasteiger partial charge on any atom is 0.329 e. The molecule has 0 aliphatic rings. The number of pyridine rings is 2. The molecule has 0 spiro atoms. The third-order valence-electron chi connectivity index (χ3n) is 3.80. The summed E-state index contributed by atoms with van der Waals surface area (Å²) in [5.41, 5.74) is 0.338. The molecule has 3 aromatic rings. The van der Waals surface area contributed by atoms with Crippen LogP contribution in [-0.4, -0.2) is 32.0 Å². The third kappa shape index (κ3) is 3.47. The fourth-order valence-corrected chi connectivity index (χ4v) is 2.54. The van der Waals surface area contributed by atoms with Crippen LogP contribution in [0.4, 0.5) is 0 Å². The Morgan fingerprint density at radius 1 is 1.28 bits per heavy atom. The van der Waals surface area contributed by atoms with Crippen LogP contribution in [0, 0.1) is 0 Å². The van der Waals surface area contributed by atoms with Crippen molar-refractivity contribution in [1.82, 2.24) is 24.8 Å². The van der Waals surface area contributed by atoms with Crippen LogP contribution < -0.4 is 16.6 Å². The molecule has 3 aromatic heterocycles. The Morgan fingerprint density at radius 2 is 2.12 bits per heavy atom. The predicted octanol–water partition coefficient (Wildman–Crippen LogP) is 0.472. The standard InChI is InChI=1S/C17H17N5O3/c1-2-22-14-13(16(24)21-17(22)25)9-11(10-20-14)15(23)19-8-6-12-5-3-4-7-18-12/h3-5,7,9-10H,2,6,8H2,1H3,(H,19,23)(H,21,24,25). The lowest BCUT2D eigenvalue weighted by atomic mass is 10.2. The number of carbonyl (C=O) groups is 1. The number of fused-ring (bicyclic) bond motifs is 1. The van der Waals surface area contributed by atoms with Crippen LogP contribution in [0.3, 0.4) is 0 Å². The molecule has 8 heteroatoms. The summed E-state index contributed by atoms with van der Waals surface area (Å²) in [6, 6.07) is 7.04. The number of nitrogens with zero attached hydrogens (tertiary/aromatic N) is 3. The van der Waals surface area contributed by atoms with Gasteiger partial charge in [0, 0.05) is 37.6 Å². The van der Waals surface area contributed by atoms with Gasteiger partial charge in [0.05, 0.1) is 10.9 Å². The Bertz CT molecular complexity index is 1020. The minimum atomic E-state index is -0.555. The van der Waals surface area contributed by atoms with Crippen molar-refractivity contribution >= 4 is 16.9 Å². The number of aromatic nitrogens is 4. The molecule has 0 unspecified atom stereocenters. The van der Waals surface area contributed by atoms with Gasteiger partial charge >= 0.3 is 5.69 Å². The van der Waals surface area contributed by atoms with Gasteiger partial charge in [0.25, 0.3) is 11.5 Å². The molecular weight excluding hydrogens is 322 g/mol. The van der Waals surface area contributed by atoms with Crippen molar-refractivity contribution in [2.75, 3.05) is 6.54 Å². The molecule has 0 aromatic carbocycles. The van der Waals surface area contributed by atoms with E-state index in [-0.39, 0.29) is 22.5 Å². The third-order valence-corrected chi connectivity index (χ3v) is 3.80. The largest absolute Gasteiger partial charge is 0.352 e. The van der Waals surface area contributed by atoms with Crippen LogP contribution in [0.5, 0.6) is 0 Å². The van der Waals surface area contributed by atoms with E-state index in [0.717, 1.165) is 5.69 Å². The van der Waals surface area contributed by atoms with Crippen LogP contribution in [0.2, 0.25) is 0 Å². The van der Waals surface area contributed by atoms with E-state index in [1.54, 1.807) is 13.1 Å². The molecular formula is C17H17N5O3. The lowest BCUT2D eigenvalue weighted by Crippen LogP contribution is -2.31. The molecule has 0 atom stereocenters. The number of hydrogen-bond donors (Lipinski definition) is 2. The second-order valence-electron chi connectivity index (χ2n) is 5.43. The topological polar surface area (TPSA) is 110 Å². The van der Waals surface area contributed by atoms with E-state index in [4.69, 9.17) is 0 Å². The molecule has 0 fully saturated rings. The quantitative estimate of drug-likeness (QED) is 0.702. The van der Waals surface area contributed by atoms with Gasteiger partial charge < -0.3 is 5.32 Å². The molecule has 8 nitrogen and oxygen atoms in total. The van der Waals surface area contributed by atoms with E-state index in [1.165, 1.54) is 16.8 Å². The van der Waals surface area contributed by atoms with Crippen molar-refractivity contribution in [1.29, 1.82) is 0 Å². The average Bonchev–Trinajstić information content (AvgIpc) is 2.62. The Kier molecular flexibility index (Phi) is 4.69. The van der Waals surface area contributed by atoms with Gasteiger partial charge in [-0.3, -0.25) is 24.1 Å². The first-order valence-electron chi connectivity index (χ1n) is 7.91. The van der Waals surface area contributed by atoms with Crippen molar-refractivity contribution in [2.45, 2.75) is 19.9 Å². The van der Waals surface area contributed by atoms with Crippen molar-refractivity contribution in [2.24, 2.45) is 0 Å². The summed E-state index contributed by atoms with van der Waals surface area (Å²) < 4.78 is 1.35. The summed E-state index contributed by atoms with van der Waals surface area (Å²) in [5.74, 6) is -0.334. The SMILES string of the molecule is CCn1c(=O)[nH]c(=O)c2cc(C(=O)NCCc3ccccn3)cnc21. The molecule has 0 aliphatic carbocycles. The van der Waals surface area contributed by atoms with Gasteiger partial charge in [0.1, 0.15) is 5.65 Å². The van der Waals surface area contributed by atoms with Crippen LogP contribution in [0.1, 0.15) is 23.0 Å². The lowest BCUT2D eigenvalue weighted by molar-refractivity contribution is 0.0954. The van der Waals surface area contributed by atoms with E-state index >= 15 is 0 Å². The summed E-state index contributed by atoms with van der Waals surface area (Å²) in [6.45, 7) is 2.56. The zero-order chi connectivity index (χ0) is 17.8. The molecule has 3 rings (SSSR count). The van der Waals surface area contributed by atoms with E-state index in [0.29, 0.717) is 19.5 Å². The molecule has 0 radical (unpaired) electrons. The summed E-state index contributed by atoms with van der Waals surface area (Å²) in [7, 11) is 0. The smallest absolute Gasteiger partial charge is 0.329 e. The van der Waals surface area contributed by atoms with Crippen LogP contribution >= 0.6 is 0 Å². The van der Waals surface area contributed by atoms with E-state index < -0.39 is 11.2 Å². The monoisotopic (exact) mass is 339 g/mol. The molecule has 0 aliphatic heterocycles. The maximum absolute atomic E-state index is 12.3. The van der Waals surface area contributed by atoms with E-state index in [1.807, 2.05) is 18.2 Å². The summed E-state index contributed by atoms with van der Waals surface area (Å²) >= 11 is 0. The highest BCUT2D eigenvalue weighted by atomic mass is 16.2. The molecule has 0 bridgehead atoms. The number of rotatable bonds is 5. The number of aryl methyl sites for hydroxylation is 1. The highest BCUT2D eigenvalue weighted by Gasteiger charge is 2.12. The first-order chi connectivity index (χ1) is 12.1. The summed E-state index contributed by atoms with van der Waals surface area (Å²) in [6.07, 6.45) is 3.66. The lowest BCUT2D eigenvalue weighted by Gasteiger charge is -2.08. The van der Waals surface area contributed by atoms with Gasteiger partial charge in [0.15, 0.2) is 0 Å². The van der Waals surface area contributed by atoms with Crippen molar-refractivity contribution in [3.8, 4) is 0 Å². The second-order valence-corrected chi connectivity index (χ2v) is 5.43. The van der Waals surface area contributed by atoms with Gasteiger partial charge in [-0.2, -0.15) is 0 Å². The number of H-pyrrole nitrogens is 1. The molecule has 0 saturated carbocycles. The molecule has 2 N–H and O–H groups in total. The average molecular weight is 339 g/mol. The van der Waals surface area contributed by atoms with E-state index in [2.05, 4.69) is 20.3 Å². The van der Waals surface area contributed by atoms with Crippen LogP contribution in [0.25, 0.3) is 11.0 Å². The zero-order valence-corrected chi connectivity index (χ0v) is 13.7. The molecule has 1 amide bonds. The number of hydrogen-bond acceptors (Lipinski definition) is 5. The van der Waals surface area contributed by atoms with Crippen molar-refractivity contribution < 1.29 is 4.79 Å². The first kappa shape index (κ1) is 16.6. The molecule has 25 heavy (non-hydrogen) atoms. The van der Waals surface area contributed by atoms with Crippen molar-refractivity contribution in [3.05, 3.63) is 68.8 Å². The van der Waals surface area contributed by atoms with Gasteiger partial charge in [0.2, 0.25) is 0 Å². The molecule has 0 saturated heterocycles. The number of aromatic amines is 1. The summed E-state index contributed by atoms with van der Waals surface area (Å²) in [5, 5.41) is 2.98. The highest BCUT2D eigenvalue weighted by molar-refractivity contribution is 5.96.